The molecule has 0 spiro atoms. The number of aryl methyl sites for hydroxylation is 3. The Hall–Kier alpha value is -0.860. The van der Waals surface area contributed by atoms with Crippen molar-refractivity contribution in [2.75, 3.05) is 13.6 Å². The molecule has 0 atom stereocenters. The zero-order valence-corrected chi connectivity index (χ0v) is 13.5. The Morgan fingerprint density at radius 3 is 2.11 bits per heavy atom. The molecule has 0 radical (unpaired) electrons. The lowest BCUT2D eigenvalue weighted by molar-refractivity contribution is 0.302. The van der Waals surface area contributed by atoms with E-state index in [0.717, 1.165) is 25.9 Å². The fourth-order valence-electron chi connectivity index (χ4n) is 2.61. The van der Waals surface area contributed by atoms with E-state index in [4.69, 9.17) is 5.73 Å². The Morgan fingerprint density at radius 1 is 1.11 bits per heavy atom. The van der Waals surface area contributed by atoms with Crippen LogP contribution in [0.4, 0.5) is 0 Å². The third kappa shape index (κ3) is 5.75. The maximum Gasteiger partial charge on any atom is 0.0235 e. The van der Waals surface area contributed by atoms with Gasteiger partial charge in [0.25, 0.3) is 0 Å². The van der Waals surface area contributed by atoms with Crippen molar-refractivity contribution in [2.24, 2.45) is 5.73 Å². The molecule has 2 nitrogen and oxygen atoms in total. The molecule has 108 valence electrons. The first-order valence-corrected chi connectivity index (χ1v) is 7.23. The zero-order valence-electron chi connectivity index (χ0n) is 13.5. The lowest BCUT2D eigenvalue weighted by Gasteiger charge is -2.23. The summed E-state index contributed by atoms with van der Waals surface area (Å²) in [5.74, 6) is 0. The van der Waals surface area contributed by atoms with Crippen LogP contribution in [0, 0.1) is 20.8 Å². The van der Waals surface area contributed by atoms with E-state index in [0.29, 0.717) is 0 Å². The van der Waals surface area contributed by atoms with E-state index in [-0.39, 0.29) is 5.54 Å². The van der Waals surface area contributed by atoms with E-state index >= 15 is 0 Å². The van der Waals surface area contributed by atoms with Crippen LogP contribution in [0.5, 0.6) is 0 Å². The van der Waals surface area contributed by atoms with Crippen LogP contribution in [0.1, 0.15) is 48.9 Å². The highest BCUT2D eigenvalue weighted by atomic mass is 15.1. The van der Waals surface area contributed by atoms with Crippen molar-refractivity contribution in [3.05, 3.63) is 34.4 Å². The Labute approximate surface area is 119 Å². The third-order valence-corrected chi connectivity index (χ3v) is 3.63. The second-order valence-corrected chi connectivity index (χ2v) is 6.71. The van der Waals surface area contributed by atoms with Gasteiger partial charge in [0.15, 0.2) is 0 Å². The molecule has 0 aliphatic rings. The molecule has 0 aliphatic carbocycles. The molecule has 0 fully saturated rings. The first-order valence-electron chi connectivity index (χ1n) is 7.23. The van der Waals surface area contributed by atoms with Crippen molar-refractivity contribution in [3.63, 3.8) is 0 Å². The fourth-order valence-corrected chi connectivity index (χ4v) is 2.61. The summed E-state index contributed by atoms with van der Waals surface area (Å²) in [7, 11) is 2.20. The number of nitrogens with zero attached hydrogens (tertiary/aromatic N) is 1. The molecular formula is C17H30N2. The van der Waals surface area contributed by atoms with Crippen molar-refractivity contribution >= 4 is 0 Å². The SMILES string of the molecule is Cc1cc(C)c(CN(C)CCCC(C)(C)N)c(C)c1. The van der Waals surface area contributed by atoms with Crippen LogP contribution in [0.3, 0.4) is 0 Å². The summed E-state index contributed by atoms with van der Waals surface area (Å²) in [6, 6.07) is 4.55. The van der Waals surface area contributed by atoms with Gasteiger partial charge in [0.1, 0.15) is 0 Å². The second-order valence-electron chi connectivity index (χ2n) is 6.71. The predicted molar refractivity (Wildman–Crippen MR) is 84.5 cm³/mol. The molecule has 0 heterocycles. The molecule has 0 bridgehead atoms. The quantitative estimate of drug-likeness (QED) is 0.849. The predicted octanol–water partition coefficient (Wildman–Crippen LogP) is 3.56. The van der Waals surface area contributed by atoms with Crippen molar-refractivity contribution < 1.29 is 0 Å². The van der Waals surface area contributed by atoms with Gasteiger partial charge in [-0.25, -0.2) is 0 Å². The van der Waals surface area contributed by atoms with Gasteiger partial charge < -0.3 is 10.6 Å². The maximum atomic E-state index is 6.02. The van der Waals surface area contributed by atoms with Crippen LogP contribution in [-0.2, 0) is 6.54 Å². The molecule has 2 N–H and O–H groups in total. The minimum Gasteiger partial charge on any atom is -0.326 e. The van der Waals surface area contributed by atoms with E-state index < -0.39 is 0 Å². The third-order valence-electron chi connectivity index (χ3n) is 3.63. The number of hydrogen-bond donors (Lipinski definition) is 1. The molecule has 1 aromatic carbocycles. The van der Waals surface area contributed by atoms with Gasteiger partial charge in [-0.1, -0.05) is 17.7 Å². The van der Waals surface area contributed by atoms with Gasteiger partial charge in [0.05, 0.1) is 0 Å². The van der Waals surface area contributed by atoms with Crippen molar-refractivity contribution in [2.45, 2.75) is 59.5 Å². The monoisotopic (exact) mass is 262 g/mol. The Balaban J connectivity index is 2.55. The molecule has 0 amide bonds. The first kappa shape index (κ1) is 16.2. The molecule has 2 heteroatoms. The summed E-state index contributed by atoms with van der Waals surface area (Å²) < 4.78 is 0. The molecule has 1 rings (SSSR count). The molecule has 0 unspecified atom stereocenters. The van der Waals surface area contributed by atoms with Gasteiger partial charge in [-0.15, -0.1) is 0 Å². The summed E-state index contributed by atoms with van der Waals surface area (Å²) in [6.07, 6.45) is 2.23. The van der Waals surface area contributed by atoms with Crippen molar-refractivity contribution in [1.29, 1.82) is 0 Å². The average molecular weight is 262 g/mol. The van der Waals surface area contributed by atoms with E-state index in [2.05, 4.69) is 58.7 Å². The van der Waals surface area contributed by atoms with E-state index in [9.17, 15) is 0 Å². The highest BCUT2D eigenvalue weighted by Crippen LogP contribution is 2.18. The van der Waals surface area contributed by atoms with Crippen LogP contribution in [0.2, 0.25) is 0 Å². The van der Waals surface area contributed by atoms with Gasteiger partial charge >= 0.3 is 0 Å². The summed E-state index contributed by atoms with van der Waals surface area (Å²) >= 11 is 0. The van der Waals surface area contributed by atoms with E-state index in [1.54, 1.807) is 0 Å². The second kappa shape index (κ2) is 6.53. The molecule has 1 aromatic rings. The zero-order chi connectivity index (χ0) is 14.6. The Morgan fingerprint density at radius 2 is 1.63 bits per heavy atom. The highest BCUT2D eigenvalue weighted by molar-refractivity contribution is 5.37. The molecule has 0 saturated heterocycles. The normalized spacial score (nSPS) is 12.2. The summed E-state index contributed by atoms with van der Waals surface area (Å²) in [5.41, 5.74) is 11.6. The van der Waals surface area contributed by atoms with Gasteiger partial charge in [-0.3, -0.25) is 0 Å². The molecule has 0 aliphatic heterocycles. The van der Waals surface area contributed by atoms with Crippen LogP contribution in [0.25, 0.3) is 0 Å². The summed E-state index contributed by atoms with van der Waals surface area (Å²) in [6.45, 7) is 12.9. The van der Waals surface area contributed by atoms with Gasteiger partial charge in [-0.05, 0) is 77.7 Å². The fraction of sp³-hybridized carbons (Fsp3) is 0.647. The van der Waals surface area contributed by atoms with E-state index in [1.807, 2.05) is 0 Å². The molecule has 0 aromatic heterocycles. The van der Waals surface area contributed by atoms with Crippen LogP contribution < -0.4 is 5.73 Å². The van der Waals surface area contributed by atoms with Crippen molar-refractivity contribution in [1.82, 2.24) is 4.90 Å². The molecular weight excluding hydrogens is 232 g/mol. The summed E-state index contributed by atoms with van der Waals surface area (Å²) in [4.78, 5) is 2.40. The number of rotatable bonds is 6. The first-order chi connectivity index (χ1) is 8.69. The molecule has 0 saturated carbocycles. The van der Waals surface area contributed by atoms with Crippen LogP contribution in [0.15, 0.2) is 12.1 Å². The van der Waals surface area contributed by atoms with Crippen molar-refractivity contribution in [3.8, 4) is 0 Å². The standard InChI is InChI=1S/C17H30N2/c1-13-10-14(2)16(15(3)11-13)12-19(6)9-7-8-17(4,5)18/h10-11H,7-9,12,18H2,1-6H3. The maximum absolute atomic E-state index is 6.02. The van der Waals surface area contributed by atoms with Gasteiger partial charge in [0.2, 0.25) is 0 Å². The lowest BCUT2D eigenvalue weighted by Crippen LogP contribution is -2.33. The number of hydrogen-bond acceptors (Lipinski definition) is 2. The minimum absolute atomic E-state index is 0.0451. The average Bonchev–Trinajstić information content (AvgIpc) is 2.21. The molecule has 19 heavy (non-hydrogen) atoms. The lowest BCUT2D eigenvalue weighted by atomic mass is 9.98. The summed E-state index contributed by atoms with van der Waals surface area (Å²) in [5, 5.41) is 0. The Kier molecular flexibility index (Phi) is 5.57. The van der Waals surface area contributed by atoms with Crippen LogP contribution >= 0.6 is 0 Å². The van der Waals surface area contributed by atoms with Gasteiger partial charge in [-0.2, -0.15) is 0 Å². The van der Waals surface area contributed by atoms with E-state index in [1.165, 1.54) is 22.3 Å². The van der Waals surface area contributed by atoms with Gasteiger partial charge in [0, 0.05) is 12.1 Å². The smallest absolute Gasteiger partial charge is 0.0235 e. The Bertz CT molecular complexity index is 393. The largest absolute Gasteiger partial charge is 0.326 e. The topological polar surface area (TPSA) is 29.3 Å². The minimum atomic E-state index is -0.0451. The number of nitrogens with two attached hydrogens (primary N) is 1. The number of benzene rings is 1. The highest BCUT2D eigenvalue weighted by Gasteiger charge is 2.11. The van der Waals surface area contributed by atoms with Crippen LogP contribution in [-0.4, -0.2) is 24.0 Å².